The second-order valence-electron chi connectivity index (χ2n) is 3.95. The maximum Gasteiger partial charge on any atom is 0.224 e. The van der Waals surface area contributed by atoms with Crippen LogP contribution in [-0.4, -0.2) is 43.5 Å². The molecular formula is C10H18N4O. The summed E-state index contributed by atoms with van der Waals surface area (Å²) in [5.41, 5.74) is 5.55. The quantitative estimate of drug-likeness (QED) is 0.645. The monoisotopic (exact) mass is 210 g/mol. The molecule has 1 fully saturated rings. The third-order valence-corrected chi connectivity index (χ3v) is 2.74. The first-order chi connectivity index (χ1) is 7.17. The normalized spacial score (nSPS) is 24.2. The second-order valence-corrected chi connectivity index (χ2v) is 3.95. The van der Waals surface area contributed by atoms with Crippen LogP contribution in [0.15, 0.2) is 0 Å². The number of amides is 1. The summed E-state index contributed by atoms with van der Waals surface area (Å²) in [5, 5.41) is 11.3. The van der Waals surface area contributed by atoms with Crippen LogP contribution in [0.3, 0.4) is 0 Å². The van der Waals surface area contributed by atoms with Crippen LogP contribution in [0.4, 0.5) is 0 Å². The molecule has 2 atom stereocenters. The summed E-state index contributed by atoms with van der Waals surface area (Å²) in [6.45, 7) is 2.21. The lowest BCUT2D eigenvalue weighted by Crippen LogP contribution is -2.46. The van der Waals surface area contributed by atoms with E-state index in [2.05, 4.69) is 10.2 Å². The number of nitrogens with one attached hydrogen (secondary N) is 1. The molecule has 0 radical (unpaired) electrons. The molecule has 0 aromatic carbocycles. The fourth-order valence-electron chi connectivity index (χ4n) is 1.96. The van der Waals surface area contributed by atoms with Gasteiger partial charge >= 0.3 is 0 Å². The lowest BCUT2D eigenvalue weighted by Gasteiger charge is -2.32. The Bertz CT molecular complexity index is 261. The Kier molecular flexibility index (Phi) is 4.53. The van der Waals surface area contributed by atoms with Gasteiger partial charge in [-0.05, 0) is 19.4 Å². The second kappa shape index (κ2) is 5.69. The first-order valence-corrected chi connectivity index (χ1v) is 5.26. The van der Waals surface area contributed by atoms with Crippen LogP contribution in [0.5, 0.6) is 0 Å². The summed E-state index contributed by atoms with van der Waals surface area (Å²) in [6.07, 6.45) is 1.92. The maximum atomic E-state index is 11.4. The van der Waals surface area contributed by atoms with Gasteiger partial charge in [-0.15, -0.1) is 0 Å². The van der Waals surface area contributed by atoms with E-state index in [-0.39, 0.29) is 11.8 Å². The number of nitrogens with zero attached hydrogens (tertiary/aromatic N) is 2. The summed E-state index contributed by atoms with van der Waals surface area (Å²) >= 11 is 0. The van der Waals surface area contributed by atoms with Crippen LogP contribution < -0.4 is 11.1 Å². The number of hydrogen-bond donors (Lipinski definition) is 2. The van der Waals surface area contributed by atoms with Gasteiger partial charge in [-0.3, -0.25) is 9.69 Å². The Morgan fingerprint density at radius 1 is 1.80 bits per heavy atom. The van der Waals surface area contributed by atoms with Crippen molar-refractivity contribution in [3.05, 3.63) is 0 Å². The molecule has 5 nitrogen and oxygen atoms in total. The van der Waals surface area contributed by atoms with Crippen molar-refractivity contribution in [2.75, 3.05) is 26.7 Å². The number of carbonyl (C=O) groups excluding carboxylic acids is 1. The molecule has 0 aromatic heterocycles. The molecule has 1 aliphatic heterocycles. The molecule has 1 amide bonds. The van der Waals surface area contributed by atoms with Gasteiger partial charge in [-0.2, -0.15) is 5.26 Å². The molecule has 1 aliphatic rings. The number of nitriles is 1. The average molecular weight is 210 g/mol. The minimum absolute atomic E-state index is 0.0506. The highest BCUT2D eigenvalue weighted by Crippen LogP contribution is 2.16. The summed E-state index contributed by atoms with van der Waals surface area (Å²) in [7, 11) is 1.66. The van der Waals surface area contributed by atoms with Gasteiger partial charge in [0.15, 0.2) is 0 Å². The number of nitrogens with two attached hydrogens (primary N) is 1. The first kappa shape index (κ1) is 12.0. The number of piperidine rings is 1. The summed E-state index contributed by atoms with van der Waals surface area (Å²) in [4.78, 5) is 13.5. The molecule has 2 unspecified atom stereocenters. The minimum Gasteiger partial charge on any atom is -0.359 e. The Morgan fingerprint density at radius 2 is 2.53 bits per heavy atom. The van der Waals surface area contributed by atoms with E-state index in [9.17, 15) is 4.79 Å². The van der Waals surface area contributed by atoms with Crippen LogP contribution in [0.1, 0.15) is 12.8 Å². The smallest absolute Gasteiger partial charge is 0.224 e. The third-order valence-electron chi connectivity index (χ3n) is 2.74. The Labute approximate surface area is 90.2 Å². The molecule has 0 aliphatic carbocycles. The summed E-state index contributed by atoms with van der Waals surface area (Å²) in [5.74, 6) is 0.139. The molecule has 1 heterocycles. The van der Waals surface area contributed by atoms with Crippen molar-refractivity contribution < 1.29 is 4.79 Å². The Balaban J connectivity index is 2.42. The van der Waals surface area contributed by atoms with E-state index in [4.69, 9.17) is 11.0 Å². The molecule has 0 aromatic rings. The average Bonchev–Trinajstić information content (AvgIpc) is 2.28. The van der Waals surface area contributed by atoms with Gasteiger partial charge in [0.25, 0.3) is 0 Å². The summed E-state index contributed by atoms with van der Waals surface area (Å²) in [6, 6.07) is 1.56. The largest absolute Gasteiger partial charge is 0.359 e. The highest BCUT2D eigenvalue weighted by Gasteiger charge is 2.25. The topological polar surface area (TPSA) is 82.2 Å². The Morgan fingerprint density at radius 3 is 3.13 bits per heavy atom. The third kappa shape index (κ3) is 3.50. The van der Waals surface area contributed by atoms with Crippen LogP contribution in [-0.2, 0) is 4.79 Å². The molecule has 5 heteroatoms. The van der Waals surface area contributed by atoms with Crippen LogP contribution in [0, 0.1) is 17.2 Å². The van der Waals surface area contributed by atoms with E-state index >= 15 is 0 Å². The van der Waals surface area contributed by atoms with Crippen molar-refractivity contribution in [1.29, 1.82) is 5.26 Å². The molecule has 0 saturated carbocycles. The van der Waals surface area contributed by atoms with Gasteiger partial charge in [0, 0.05) is 20.1 Å². The fourth-order valence-corrected chi connectivity index (χ4v) is 1.96. The number of carbonyl (C=O) groups is 1. The van der Waals surface area contributed by atoms with Gasteiger partial charge in [-0.25, -0.2) is 0 Å². The van der Waals surface area contributed by atoms with Crippen molar-refractivity contribution in [2.45, 2.75) is 18.9 Å². The van der Waals surface area contributed by atoms with Gasteiger partial charge in [0.1, 0.15) is 6.04 Å². The van der Waals surface area contributed by atoms with Crippen LogP contribution >= 0.6 is 0 Å². The van der Waals surface area contributed by atoms with Crippen LogP contribution in [0.25, 0.3) is 0 Å². The zero-order chi connectivity index (χ0) is 11.3. The molecule has 1 rings (SSSR count). The summed E-state index contributed by atoms with van der Waals surface area (Å²) < 4.78 is 0. The molecule has 0 spiro atoms. The Hall–Kier alpha value is -1.12. The minimum atomic E-state index is -0.451. The fraction of sp³-hybridized carbons (Fsp3) is 0.800. The van der Waals surface area contributed by atoms with E-state index in [0.29, 0.717) is 6.54 Å². The predicted molar refractivity (Wildman–Crippen MR) is 56.8 cm³/mol. The van der Waals surface area contributed by atoms with Crippen molar-refractivity contribution in [3.63, 3.8) is 0 Å². The first-order valence-electron chi connectivity index (χ1n) is 5.26. The van der Waals surface area contributed by atoms with E-state index in [0.717, 1.165) is 25.9 Å². The number of hydrogen-bond acceptors (Lipinski definition) is 4. The highest BCUT2D eigenvalue weighted by atomic mass is 16.1. The van der Waals surface area contributed by atoms with Gasteiger partial charge < -0.3 is 11.1 Å². The zero-order valence-corrected chi connectivity index (χ0v) is 9.07. The van der Waals surface area contributed by atoms with Crippen molar-refractivity contribution in [1.82, 2.24) is 10.2 Å². The maximum absolute atomic E-state index is 11.4. The van der Waals surface area contributed by atoms with Crippen molar-refractivity contribution in [2.24, 2.45) is 11.7 Å². The molecule has 3 N–H and O–H groups in total. The molecule has 15 heavy (non-hydrogen) atoms. The van der Waals surface area contributed by atoms with Gasteiger partial charge in [0.05, 0.1) is 12.0 Å². The van der Waals surface area contributed by atoms with Gasteiger partial charge in [-0.1, -0.05) is 0 Å². The highest BCUT2D eigenvalue weighted by molar-refractivity contribution is 5.78. The molecular weight excluding hydrogens is 192 g/mol. The lowest BCUT2D eigenvalue weighted by atomic mass is 9.97. The van der Waals surface area contributed by atoms with Crippen molar-refractivity contribution in [3.8, 4) is 6.07 Å². The van der Waals surface area contributed by atoms with E-state index in [1.165, 1.54) is 0 Å². The standard InChI is InChI=1S/C10H18N4O/c1-13-10(15)8-3-2-4-14(6-8)7-9(12)5-11/h8-9H,2-4,6-7,12H2,1H3,(H,13,15). The predicted octanol–water partition coefficient (Wildman–Crippen LogP) is -0.705. The van der Waals surface area contributed by atoms with Gasteiger partial charge in [0.2, 0.25) is 5.91 Å². The number of rotatable bonds is 3. The lowest BCUT2D eigenvalue weighted by molar-refractivity contribution is -0.126. The SMILES string of the molecule is CNC(=O)C1CCCN(CC(N)C#N)C1. The zero-order valence-electron chi connectivity index (χ0n) is 9.07. The van der Waals surface area contributed by atoms with Crippen LogP contribution in [0.2, 0.25) is 0 Å². The van der Waals surface area contributed by atoms with E-state index < -0.39 is 6.04 Å². The molecule has 0 bridgehead atoms. The molecule has 84 valence electrons. The van der Waals surface area contributed by atoms with Crippen molar-refractivity contribution >= 4 is 5.91 Å². The van der Waals surface area contributed by atoms with E-state index in [1.807, 2.05) is 6.07 Å². The number of likely N-dealkylation sites (tertiary alicyclic amines) is 1. The molecule has 1 saturated heterocycles. The van der Waals surface area contributed by atoms with E-state index in [1.54, 1.807) is 7.05 Å².